The van der Waals surface area contributed by atoms with E-state index in [1.165, 1.54) is 0 Å². The van der Waals surface area contributed by atoms with E-state index < -0.39 is 6.10 Å². The van der Waals surface area contributed by atoms with Gasteiger partial charge in [-0.3, -0.25) is 9.89 Å². The number of benzene rings is 2. The van der Waals surface area contributed by atoms with E-state index in [1.807, 2.05) is 42.5 Å². The Labute approximate surface area is 157 Å². The fourth-order valence-electron chi connectivity index (χ4n) is 3.35. The van der Waals surface area contributed by atoms with Gasteiger partial charge in [0.05, 0.1) is 18.2 Å². The van der Waals surface area contributed by atoms with Crippen molar-refractivity contribution in [3.05, 3.63) is 71.9 Å². The van der Waals surface area contributed by atoms with E-state index in [0.29, 0.717) is 13.0 Å². The molecule has 4 rings (SSSR count). The van der Waals surface area contributed by atoms with Gasteiger partial charge in [-0.2, -0.15) is 5.10 Å². The molecule has 6 nitrogen and oxygen atoms in total. The molecule has 2 aromatic carbocycles. The van der Waals surface area contributed by atoms with Crippen LogP contribution in [0.2, 0.25) is 0 Å². The Bertz CT molecular complexity index is 905. The van der Waals surface area contributed by atoms with Gasteiger partial charge in [0.15, 0.2) is 0 Å². The lowest BCUT2D eigenvalue weighted by atomic mass is 9.96. The third kappa shape index (κ3) is 3.85. The summed E-state index contributed by atoms with van der Waals surface area (Å²) in [5.41, 5.74) is 4.03. The van der Waals surface area contributed by atoms with Crippen LogP contribution in [0, 0.1) is 5.92 Å². The molecule has 6 heteroatoms. The van der Waals surface area contributed by atoms with Gasteiger partial charge in [-0.15, -0.1) is 0 Å². The van der Waals surface area contributed by atoms with Crippen LogP contribution in [0.3, 0.4) is 0 Å². The zero-order chi connectivity index (χ0) is 18.6. The zero-order valence-electron chi connectivity index (χ0n) is 14.9. The molecule has 2 heterocycles. The number of aliphatic hydroxyl groups excluding tert-OH is 1. The summed E-state index contributed by atoms with van der Waals surface area (Å²) in [6.07, 6.45) is 1.65. The van der Waals surface area contributed by atoms with Crippen molar-refractivity contribution in [2.75, 3.05) is 18.4 Å². The number of aliphatic hydroxyl groups is 1. The van der Waals surface area contributed by atoms with Gasteiger partial charge in [0.1, 0.15) is 5.82 Å². The number of hydrogen-bond donors (Lipinski definition) is 4. The summed E-state index contributed by atoms with van der Waals surface area (Å²) in [5.74, 6) is 0.662. The van der Waals surface area contributed by atoms with Gasteiger partial charge in [-0.05, 0) is 23.1 Å². The number of nitrogens with one attached hydrogen (secondary N) is 3. The molecule has 27 heavy (non-hydrogen) atoms. The van der Waals surface area contributed by atoms with Crippen LogP contribution in [0.1, 0.15) is 17.2 Å². The number of aromatic amines is 1. The van der Waals surface area contributed by atoms with E-state index in [-0.39, 0.29) is 18.4 Å². The second kappa shape index (κ2) is 7.63. The van der Waals surface area contributed by atoms with E-state index in [9.17, 15) is 9.90 Å². The Kier molecular flexibility index (Phi) is 4.89. The number of nitrogens with zero attached hydrogens (tertiary/aromatic N) is 1. The molecule has 0 saturated heterocycles. The highest BCUT2D eigenvalue weighted by Crippen LogP contribution is 2.23. The molecule has 1 aromatic heterocycles. The monoisotopic (exact) mass is 362 g/mol. The number of hydrogen-bond acceptors (Lipinski definition) is 4. The van der Waals surface area contributed by atoms with Crippen molar-refractivity contribution in [3.63, 3.8) is 0 Å². The van der Waals surface area contributed by atoms with Crippen LogP contribution < -0.4 is 10.6 Å². The number of carbonyl (C=O) groups is 1. The summed E-state index contributed by atoms with van der Waals surface area (Å²) >= 11 is 0. The minimum absolute atomic E-state index is 0.0608. The molecule has 0 bridgehead atoms. The minimum Gasteiger partial charge on any atom is -0.387 e. The van der Waals surface area contributed by atoms with Gasteiger partial charge >= 0.3 is 0 Å². The third-order valence-electron chi connectivity index (χ3n) is 4.95. The lowest BCUT2D eigenvalue weighted by Crippen LogP contribution is -2.39. The maximum Gasteiger partial charge on any atom is 0.225 e. The number of aromatic nitrogens is 2. The smallest absolute Gasteiger partial charge is 0.225 e. The van der Waals surface area contributed by atoms with Crippen LogP contribution in [0.25, 0.3) is 11.1 Å². The van der Waals surface area contributed by atoms with Crippen LogP contribution in [0.15, 0.2) is 60.8 Å². The summed E-state index contributed by atoms with van der Waals surface area (Å²) in [6, 6.07) is 17.9. The normalized spacial score (nSPS) is 16.9. The summed E-state index contributed by atoms with van der Waals surface area (Å²) in [5, 5.41) is 23.3. The Morgan fingerprint density at radius 3 is 2.67 bits per heavy atom. The molecule has 138 valence electrons. The maximum atomic E-state index is 12.4. The molecule has 2 atom stereocenters. The van der Waals surface area contributed by atoms with Gasteiger partial charge in [0.25, 0.3) is 0 Å². The Hall–Kier alpha value is -3.12. The van der Waals surface area contributed by atoms with Crippen LogP contribution in [-0.2, 0) is 11.2 Å². The summed E-state index contributed by atoms with van der Waals surface area (Å²) in [7, 11) is 0. The van der Waals surface area contributed by atoms with Crippen LogP contribution >= 0.6 is 0 Å². The Balaban J connectivity index is 1.33. The summed E-state index contributed by atoms with van der Waals surface area (Å²) < 4.78 is 0. The van der Waals surface area contributed by atoms with Crippen molar-refractivity contribution in [3.8, 4) is 11.1 Å². The minimum atomic E-state index is -0.736. The first kappa shape index (κ1) is 17.3. The molecule has 2 unspecified atom stereocenters. The summed E-state index contributed by atoms with van der Waals surface area (Å²) in [6.45, 7) is 0.751. The fourth-order valence-corrected chi connectivity index (χ4v) is 3.35. The van der Waals surface area contributed by atoms with Gasteiger partial charge < -0.3 is 15.7 Å². The molecule has 0 aliphatic carbocycles. The number of rotatable bonds is 5. The summed E-state index contributed by atoms with van der Waals surface area (Å²) in [4.78, 5) is 12.4. The molecule has 0 spiro atoms. The zero-order valence-corrected chi connectivity index (χ0v) is 14.9. The van der Waals surface area contributed by atoms with Crippen LogP contribution in [0.5, 0.6) is 0 Å². The quantitative estimate of drug-likeness (QED) is 0.561. The number of fused-ring (bicyclic) bond motifs is 1. The second-order valence-corrected chi connectivity index (χ2v) is 6.80. The lowest BCUT2D eigenvalue weighted by molar-refractivity contribution is -0.125. The highest BCUT2D eigenvalue weighted by Gasteiger charge is 2.25. The van der Waals surface area contributed by atoms with E-state index in [0.717, 1.165) is 28.1 Å². The molecule has 1 amide bonds. The molecule has 1 aliphatic rings. The Morgan fingerprint density at radius 2 is 1.89 bits per heavy atom. The number of H-pyrrole nitrogens is 1. The first-order chi connectivity index (χ1) is 13.2. The number of carbonyl (C=O) groups excluding carboxylic acids is 1. The second-order valence-electron chi connectivity index (χ2n) is 6.80. The standard InChI is InChI=1S/C21H22N4O2/c26-19(16-8-6-15(7-9-16)14-4-2-1-3-5-14)13-23-21(27)18-10-17-12-24-25-20(17)22-11-18/h1-9,12,18-19,26H,10-11,13H2,(H,23,27)(H2,22,24,25). The van der Waals surface area contributed by atoms with Gasteiger partial charge in [0, 0.05) is 18.7 Å². The average molecular weight is 362 g/mol. The SMILES string of the molecule is O=C(NCC(O)c1ccc(-c2ccccc2)cc1)C1CNc2[nH]ncc2C1. The van der Waals surface area contributed by atoms with Crippen LogP contribution in [0.4, 0.5) is 5.82 Å². The first-order valence-electron chi connectivity index (χ1n) is 9.08. The molecule has 0 radical (unpaired) electrons. The largest absolute Gasteiger partial charge is 0.387 e. The van der Waals surface area contributed by atoms with Crippen molar-refractivity contribution >= 4 is 11.7 Å². The highest BCUT2D eigenvalue weighted by atomic mass is 16.3. The Morgan fingerprint density at radius 1 is 1.15 bits per heavy atom. The van der Waals surface area contributed by atoms with Gasteiger partial charge in [-0.25, -0.2) is 0 Å². The van der Waals surface area contributed by atoms with Gasteiger partial charge in [0.2, 0.25) is 5.91 Å². The average Bonchev–Trinajstić information content (AvgIpc) is 3.20. The number of amides is 1. The van der Waals surface area contributed by atoms with Crippen LogP contribution in [-0.4, -0.2) is 34.3 Å². The third-order valence-corrected chi connectivity index (χ3v) is 4.95. The molecule has 1 aliphatic heterocycles. The lowest BCUT2D eigenvalue weighted by Gasteiger charge is -2.23. The van der Waals surface area contributed by atoms with Crippen molar-refractivity contribution in [2.45, 2.75) is 12.5 Å². The van der Waals surface area contributed by atoms with E-state index in [4.69, 9.17) is 0 Å². The van der Waals surface area contributed by atoms with E-state index in [2.05, 4.69) is 33.0 Å². The first-order valence-corrected chi connectivity index (χ1v) is 9.08. The highest BCUT2D eigenvalue weighted by molar-refractivity contribution is 5.80. The van der Waals surface area contributed by atoms with Crippen molar-refractivity contribution < 1.29 is 9.90 Å². The molecular weight excluding hydrogens is 340 g/mol. The molecule has 3 aromatic rings. The predicted octanol–water partition coefficient (Wildman–Crippen LogP) is 2.51. The van der Waals surface area contributed by atoms with Crippen molar-refractivity contribution in [1.29, 1.82) is 0 Å². The van der Waals surface area contributed by atoms with Crippen molar-refractivity contribution in [1.82, 2.24) is 15.5 Å². The fraction of sp³-hybridized carbons (Fsp3) is 0.238. The molecule has 0 saturated carbocycles. The van der Waals surface area contributed by atoms with Crippen molar-refractivity contribution in [2.24, 2.45) is 5.92 Å². The maximum absolute atomic E-state index is 12.4. The van der Waals surface area contributed by atoms with E-state index >= 15 is 0 Å². The molecule has 0 fully saturated rings. The van der Waals surface area contributed by atoms with E-state index in [1.54, 1.807) is 6.20 Å². The van der Waals surface area contributed by atoms with Gasteiger partial charge in [-0.1, -0.05) is 54.6 Å². The topological polar surface area (TPSA) is 90.0 Å². The number of anilines is 1. The predicted molar refractivity (Wildman–Crippen MR) is 104 cm³/mol. The molecular formula is C21H22N4O2. The molecule has 4 N–H and O–H groups in total.